The van der Waals surface area contributed by atoms with Gasteiger partial charge in [0, 0.05) is 24.6 Å². The van der Waals surface area contributed by atoms with Crippen LogP contribution in [-0.4, -0.2) is 33.5 Å². The number of carbonyl (C=O) groups excluding carboxylic acids is 2. The second-order valence-electron chi connectivity index (χ2n) is 8.02. The Labute approximate surface area is 206 Å². The van der Waals surface area contributed by atoms with Crippen molar-refractivity contribution in [2.45, 2.75) is 12.6 Å². The van der Waals surface area contributed by atoms with Crippen molar-refractivity contribution in [3.8, 4) is 11.5 Å². The van der Waals surface area contributed by atoms with Crippen LogP contribution in [0.5, 0.6) is 11.5 Å². The first-order valence-corrected chi connectivity index (χ1v) is 11.2. The molecule has 1 N–H and O–H groups in total. The number of rotatable bonds is 7. The van der Waals surface area contributed by atoms with Gasteiger partial charge in [0.25, 0.3) is 11.8 Å². The molecular formula is C27H21FN4O4. The summed E-state index contributed by atoms with van der Waals surface area (Å²) in [6.07, 6.45) is 4.24. The Balaban J connectivity index is 1.55. The maximum absolute atomic E-state index is 13.7. The lowest BCUT2D eigenvalue weighted by atomic mass is 10.0. The van der Waals surface area contributed by atoms with Gasteiger partial charge in [0.2, 0.25) is 6.79 Å². The van der Waals surface area contributed by atoms with Gasteiger partial charge in [-0.15, -0.1) is 0 Å². The van der Waals surface area contributed by atoms with Gasteiger partial charge in [-0.3, -0.25) is 14.6 Å². The first kappa shape index (κ1) is 23.0. The fourth-order valence-corrected chi connectivity index (χ4v) is 3.93. The molecule has 8 nitrogen and oxygen atoms in total. The van der Waals surface area contributed by atoms with Crippen molar-refractivity contribution in [3.63, 3.8) is 0 Å². The SMILES string of the molecule is O=C(Nc1ccc(F)cc1)C(c1ccccc1)N(Cc1ccc2c(c1)OCO2)C(=O)c1cnccn1. The molecule has 0 bridgehead atoms. The Hall–Kier alpha value is -4.79. The first-order chi connectivity index (χ1) is 17.6. The van der Waals surface area contributed by atoms with Gasteiger partial charge in [-0.05, 0) is 47.5 Å². The number of benzene rings is 3. The van der Waals surface area contributed by atoms with Crippen LogP contribution in [0.4, 0.5) is 10.1 Å². The zero-order chi connectivity index (χ0) is 24.9. The molecule has 0 saturated heterocycles. The lowest BCUT2D eigenvalue weighted by molar-refractivity contribution is -0.121. The number of anilines is 1. The molecule has 1 aliphatic rings. The van der Waals surface area contributed by atoms with Gasteiger partial charge in [-0.1, -0.05) is 36.4 Å². The highest BCUT2D eigenvalue weighted by atomic mass is 19.1. The van der Waals surface area contributed by atoms with Gasteiger partial charge in [0.1, 0.15) is 17.6 Å². The Kier molecular flexibility index (Phi) is 6.53. The predicted octanol–water partition coefficient (Wildman–Crippen LogP) is 4.37. The molecule has 1 aromatic heterocycles. The zero-order valence-corrected chi connectivity index (χ0v) is 19.0. The molecule has 0 fully saturated rings. The van der Waals surface area contributed by atoms with E-state index in [9.17, 15) is 14.0 Å². The number of carbonyl (C=O) groups is 2. The van der Waals surface area contributed by atoms with Gasteiger partial charge in [0.15, 0.2) is 11.5 Å². The van der Waals surface area contributed by atoms with E-state index < -0.39 is 23.7 Å². The maximum atomic E-state index is 13.7. The van der Waals surface area contributed by atoms with E-state index in [0.29, 0.717) is 22.7 Å². The van der Waals surface area contributed by atoms with Crippen molar-refractivity contribution in [3.05, 3.63) is 114 Å². The largest absolute Gasteiger partial charge is 0.454 e. The fourth-order valence-electron chi connectivity index (χ4n) is 3.93. The molecule has 0 spiro atoms. The van der Waals surface area contributed by atoms with Crippen LogP contribution in [0.1, 0.15) is 27.7 Å². The number of halogens is 1. The van der Waals surface area contributed by atoms with Crippen LogP contribution in [0, 0.1) is 5.82 Å². The number of nitrogens with one attached hydrogen (secondary N) is 1. The highest BCUT2D eigenvalue weighted by molar-refractivity contribution is 6.00. The molecular weight excluding hydrogens is 463 g/mol. The van der Waals surface area contributed by atoms with E-state index >= 15 is 0 Å². The topological polar surface area (TPSA) is 93.7 Å². The molecule has 1 unspecified atom stereocenters. The number of fused-ring (bicyclic) bond motifs is 1. The molecule has 0 aliphatic carbocycles. The normalized spacial score (nSPS) is 12.6. The fraction of sp³-hybridized carbons (Fsp3) is 0.111. The molecule has 36 heavy (non-hydrogen) atoms. The molecule has 5 rings (SSSR count). The van der Waals surface area contributed by atoms with E-state index in [1.54, 1.807) is 36.4 Å². The molecule has 2 amide bonds. The summed E-state index contributed by atoms with van der Waals surface area (Å²) in [6.45, 7) is 0.191. The van der Waals surface area contributed by atoms with Gasteiger partial charge in [-0.2, -0.15) is 0 Å². The zero-order valence-electron chi connectivity index (χ0n) is 19.0. The molecule has 1 atom stereocenters. The number of hydrogen-bond donors (Lipinski definition) is 1. The van der Waals surface area contributed by atoms with Crippen LogP contribution in [0.25, 0.3) is 0 Å². The predicted molar refractivity (Wildman–Crippen MR) is 129 cm³/mol. The molecule has 9 heteroatoms. The first-order valence-electron chi connectivity index (χ1n) is 11.2. The standard InChI is InChI=1S/C27H21FN4O4/c28-20-7-9-21(10-8-20)31-26(33)25(19-4-2-1-3-5-19)32(27(34)22-15-29-12-13-30-22)16-18-6-11-23-24(14-18)36-17-35-23/h1-15,25H,16-17H2,(H,31,33). The molecule has 2 heterocycles. The third-order valence-electron chi connectivity index (χ3n) is 5.62. The van der Waals surface area contributed by atoms with E-state index in [0.717, 1.165) is 5.56 Å². The smallest absolute Gasteiger partial charge is 0.275 e. The average Bonchev–Trinajstić information content (AvgIpc) is 3.38. The van der Waals surface area contributed by atoms with Crippen molar-refractivity contribution in [1.82, 2.24) is 14.9 Å². The number of aromatic nitrogens is 2. The van der Waals surface area contributed by atoms with E-state index in [1.807, 2.05) is 12.1 Å². The van der Waals surface area contributed by atoms with Gasteiger partial charge >= 0.3 is 0 Å². The Morgan fingerprint density at radius 1 is 0.972 bits per heavy atom. The summed E-state index contributed by atoms with van der Waals surface area (Å²) in [4.78, 5) is 37.0. The molecule has 3 aromatic carbocycles. The molecule has 4 aromatic rings. The van der Waals surface area contributed by atoms with Crippen molar-refractivity contribution >= 4 is 17.5 Å². The van der Waals surface area contributed by atoms with E-state index in [1.165, 1.54) is 47.8 Å². The highest BCUT2D eigenvalue weighted by Crippen LogP contribution is 2.34. The lowest BCUT2D eigenvalue weighted by Crippen LogP contribution is -2.41. The monoisotopic (exact) mass is 484 g/mol. The summed E-state index contributed by atoms with van der Waals surface area (Å²) < 4.78 is 24.3. The lowest BCUT2D eigenvalue weighted by Gasteiger charge is -2.31. The summed E-state index contributed by atoms with van der Waals surface area (Å²) in [5.74, 6) is -0.199. The average molecular weight is 484 g/mol. The van der Waals surface area contributed by atoms with Crippen molar-refractivity contribution in [1.29, 1.82) is 0 Å². The minimum atomic E-state index is -1.03. The van der Waals surface area contributed by atoms with E-state index in [-0.39, 0.29) is 19.0 Å². The van der Waals surface area contributed by atoms with Crippen molar-refractivity contribution in [2.24, 2.45) is 0 Å². The van der Waals surface area contributed by atoms with E-state index in [2.05, 4.69) is 15.3 Å². The summed E-state index contributed by atoms with van der Waals surface area (Å²) in [6, 6.07) is 18.7. The number of ether oxygens (including phenoxy) is 2. The minimum absolute atomic E-state index is 0.0719. The summed E-state index contributed by atoms with van der Waals surface area (Å²) in [5.41, 5.74) is 1.81. The van der Waals surface area contributed by atoms with Crippen LogP contribution in [0.2, 0.25) is 0 Å². The van der Waals surface area contributed by atoms with Gasteiger partial charge < -0.3 is 19.7 Å². The second-order valence-corrected chi connectivity index (χ2v) is 8.02. The summed E-state index contributed by atoms with van der Waals surface area (Å²) in [5, 5.41) is 2.80. The molecule has 180 valence electrons. The Bertz CT molecular complexity index is 1370. The summed E-state index contributed by atoms with van der Waals surface area (Å²) >= 11 is 0. The minimum Gasteiger partial charge on any atom is -0.454 e. The molecule has 0 saturated carbocycles. The van der Waals surface area contributed by atoms with E-state index in [4.69, 9.17) is 9.47 Å². The quantitative estimate of drug-likeness (QED) is 0.419. The van der Waals surface area contributed by atoms with Crippen molar-refractivity contribution < 1.29 is 23.5 Å². The molecule has 0 radical (unpaired) electrons. The number of nitrogens with zero attached hydrogens (tertiary/aromatic N) is 3. The van der Waals surface area contributed by atoms with Crippen LogP contribution < -0.4 is 14.8 Å². The third-order valence-corrected chi connectivity index (χ3v) is 5.62. The Morgan fingerprint density at radius 3 is 2.50 bits per heavy atom. The number of amides is 2. The maximum Gasteiger partial charge on any atom is 0.275 e. The third kappa shape index (κ3) is 5.00. The number of hydrogen-bond acceptors (Lipinski definition) is 6. The van der Waals surface area contributed by atoms with Gasteiger partial charge in [-0.25, -0.2) is 9.37 Å². The van der Waals surface area contributed by atoms with Gasteiger partial charge in [0.05, 0.1) is 6.20 Å². The second kappa shape index (κ2) is 10.2. The van der Waals surface area contributed by atoms with Crippen LogP contribution in [0.15, 0.2) is 91.4 Å². The summed E-state index contributed by atoms with van der Waals surface area (Å²) in [7, 11) is 0. The van der Waals surface area contributed by atoms with Crippen molar-refractivity contribution in [2.75, 3.05) is 12.1 Å². The molecule has 1 aliphatic heterocycles. The van der Waals surface area contributed by atoms with Crippen LogP contribution in [0.3, 0.4) is 0 Å². The van der Waals surface area contributed by atoms with Crippen LogP contribution in [-0.2, 0) is 11.3 Å². The van der Waals surface area contributed by atoms with Crippen LogP contribution >= 0.6 is 0 Å². The Morgan fingerprint density at radius 2 is 1.75 bits per heavy atom. The highest BCUT2D eigenvalue weighted by Gasteiger charge is 2.33.